The Bertz CT molecular complexity index is 513. The number of hydrogen-bond acceptors (Lipinski definition) is 5. The summed E-state index contributed by atoms with van der Waals surface area (Å²) in [5.41, 5.74) is -0.0281. The van der Waals surface area contributed by atoms with E-state index in [-0.39, 0.29) is 0 Å². The Morgan fingerprint density at radius 2 is 2.20 bits per heavy atom. The molecule has 6 nitrogen and oxygen atoms in total. The Kier molecular flexibility index (Phi) is 8.15. The highest BCUT2D eigenvalue weighted by Crippen LogP contribution is 2.23. The van der Waals surface area contributed by atoms with Gasteiger partial charge in [-0.1, -0.05) is 6.92 Å². The zero-order valence-electron chi connectivity index (χ0n) is 15.6. The Balaban J connectivity index is 1.82. The van der Waals surface area contributed by atoms with Crippen molar-refractivity contribution in [2.24, 2.45) is 10.9 Å². The summed E-state index contributed by atoms with van der Waals surface area (Å²) < 4.78 is 5.40. The fourth-order valence-electron chi connectivity index (χ4n) is 2.80. The first-order chi connectivity index (χ1) is 12.0. The van der Waals surface area contributed by atoms with Crippen LogP contribution in [0.3, 0.4) is 0 Å². The van der Waals surface area contributed by atoms with E-state index in [2.05, 4.69) is 27.4 Å². The highest BCUT2D eigenvalue weighted by atomic mass is 32.1. The lowest BCUT2D eigenvalue weighted by molar-refractivity contribution is 0.0320. The maximum absolute atomic E-state index is 10.6. The number of rotatable bonds is 8. The van der Waals surface area contributed by atoms with Crippen molar-refractivity contribution in [1.29, 1.82) is 0 Å². The summed E-state index contributed by atoms with van der Waals surface area (Å²) in [6.45, 7) is 12.8. The SMILES string of the molecule is CCNC(=NCC(C)(O)c1ccsc1)NCC(C)CN1CCOCC1. The van der Waals surface area contributed by atoms with Crippen LogP contribution in [0.2, 0.25) is 0 Å². The largest absolute Gasteiger partial charge is 0.383 e. The molecule has 0 radical (unpaired) electrons. The number of aliphatic hydroxyl groups is 1. The number of thiophene rings is 1. The van der Waals surface area contributed by atoms with Gasteiger partial charge in [0, 0.05) is 32.7 Å². The molecular weight excluding hydrogens is 336 g/mol. The molecule has 7 heteroatoms. The van der Waals surface area contributed by atoms with Crippen molar-refractivity contribution in [3.05, 3.63) is 22.4 Å². The van der Waals surface area contributed by atoms with E-state index in [0.717, 1.165) is 57.5 Å². The van der Waals surface area contributed by atoms with Crippen molar-refractivity contribution in [3.63, 3.8) is 0 Å². The van der Waals surface area contributed by atoms with Gasteiger partial charge in [-0.3, -0.25) is 4.90 Å². The smallest absolute Gasteiger partial charge is 0.191 e. The average Bonchev–Trinajstić information content (AvgIpc) is 3.14. The van der Waals surface area contributed by atoms with Gasteiger partial charge < -0.3 is 20.5 Å². The van der Waals surface area contributed by atoms with Gasteiger partial charge in [0.25, 0.3) is 0 Å². The van der Waals surface area contributed by atoms with Crippen LogP contribution in [0.1, 0.15) is 26.3 Å². The van der Waals surface area contributed by atoms with Crippen molar-refractivity contribution in [2.75, 3.05) is 52.5 Å². The number of ether oxygens (including phenoxy) is 1. The first kappa shape index (κ1) is 20.2. The highest BCUT2D eigenvalue weighted by Gasteiger charge is 2.23. The fourth-order valence-corrected chi connectivity index (χ4v) is 3.58. The van der Waals surface area contributed by atoms with Gasteiger partial charge in [0.1, 0.15) is 5.60 Å². The molecular formula is C18H32N4O2S. The van der Waals surface area contributed by atoms with Crippen molar-refractivity contribution < 1.29 is 9.84 Å². The molecule has 1 saturated heterocycles. The second kappa shape index (κ2) is 10.1. The van der Waals surface area contributed by atoms with Gasteiger partial charge in [0.15, 0.2) is 5.96 Å². The zero-order valence-corrected chi connectivity index (χ0v) is 16.4. The summed E-state index contributed by atoms with van der Waals surface area (Å²) in [4.78, 5) is 7.02. The monoisotopic (exact) mass is 368 g/mol. The third kappa shape index (κ3) is 6.93. The highest BCUT2D eigenvalue weighted by molar-refractivity contribution is 7.08. The van der Waals surface area contributed by atoms with E-state index in [0.29, 0.717) is 12.5 Å². The second-order valence-corrected chi connectivity index (χ2v) is 7.66. The summed E-state index contributed by atoms with van der Waals surface area (Å²) >= 11 is 1.59. The second-order valence-electron chi connectivity index (χ2n) is 6.88. The molecule has 1 aromatic heterocycles. The number of nitrogens with one attached hydrogen (secondary N) is 2. The van der Waals surface area contributed by atoms with Crippen LogP contribution in [0.15, 0.2) is 21.8 Å². The molecule has 0 bridgehead atoms. The van der Waals surface area contributed by atoms with E-state index in [9.17, 15) is 5.11 Å². The minimum absolute atomic E-state index is 0.330. The molecule has 1 aliphatic heterocycles. The Labute approximate surface area is 155 Å². The topological polar surface area (TPSA) is 69.1 Å². The van der Waals surface area contributed by atoms with Gasteiger partial charge in [-0.15, -0.1) is 0 Å². The lowest BCUT2D eigenvalue weighted by Crippen LogP contribution is -2.44. The minimum atomic E-state index is -0.943. The molecule has 0 aromatic carbocycles. The van der Waals surface area contributed by atoms with E-state index in [1.807, 2.05) is 30.7 Å². The number of morpholine rings is 1. The molecule has 1 fully saturated rings. The third-order valence-electron chi connectivity index (χ3n) is 4.32. The molecule has 142 valence electrons. The average molecular weight is 369 g/mol. The molecule has 2 unspecified atom stereocenters. The number of guanidine groups is 1. The molecule has 0 saturated carbocycles. The van der Waals surface area contributed by atoms with Crippen molar-refractivity contribution in [1.82, 2.24) is 15.5 Å². The van der Waals surface area contributed by atoms with Gasteiger partial charge in [-0.05, 0) is 42.2 Å². The van der Waals surface area contributed by atoms with Crippen LogP contribution in [-0.2, 0) is 10.3 Å². The van der Waals surface area contributed by atoms with Crippen LogP contribution >= 0.6 is 11.3 Å². The third-order valence-corrected chi connectivity index (χ3v) is 5.01. The van der Waals surface area contributed by atoms with Crippen LogP contribution in [-0.4, -0.2) is 68.4 Å². The molecule has 2 rings (SSSR count). The normalized spacial score (nSPS) is 20.1. The molecule has 1 aliphatic rings. The van der Waals surface area contributed by atoms with E-state index in [4.69, 9.17) is 4.74 Å². The van der Waals surface area contributed by atoms with E-state index < -0.39 is 5.60 Å². The van der Waals surface area contributed by atoms with Crippen molar-refractivity contribution >= 4 is 17.3 Å². The molecule has 0 amide bonds. The first-order valence-electron chi connectivity index (χ1n) is 9.08. The van der Waals surface area contributed by atoms with Crippen LogP contribution in [0.5, 0.6) is 0 Å². The zero-order chi connectivity index (χ0) is 18.1. The molecule has 2 atom stereocenters. The lowest BCUT2D eigenvalue weighted by atomic mass is 10.00. The summed E-state index contributed by atoms with van der Waals surface area (Å²) in [6, 6.07) is 1.95. The van der Waals surface area contributed by atoms with Gasteiger partial charge in [0.05, 0.1) is 19.8 Å². The van der Waals surface area contributed by atoms with Gasteiger partial charge >= 0.3 is 0 Å². The number of aliphatic imine (C=N–C) groups is 1. The molecule has 0 spiro atoms. The summed E-state index contributed by atoms with van der Waals surface area (Å²) in [6.07, 6.45) is 0. The standard InChI is InChI=1S/C18H32N4O2S/c1-4-19-17(21-14-18(3,23)16-5-10-25-13-16)20-11-15(2)12-22-6-8-24-9-7-22/h5,10,13,15,23H,4,6-9,11-12,14H2,1-3H3,(H2,19,20,21). The molecule has 3 N–H and O–H groups in total. The van der Waals surface area contributed by atoms with Crippen LogP contribution in [0, 0.1) is 5.92 Å². The van der Waals surface area contributed by atoms with Crippen molar-refractivity contribution in [2.45, 2.75) is 26.4 Å². The first-order valence-corrected chi connectivity index (χ1v) is 10.0. The molecule has 25 heavy (non-hydrogen) atoms. The van der Waals surface area contributed by atoms with Crippen LogP contribution in [0.4, 0.5) is 0 Å². The molecule has 2 heterocycles. The van der Waals surface area contributed by atoms with E-state index >= 15 is 0 Å². The predicted molar refractivity (Wildman–Crippen MR) is 104 cm³/mol. The van der Waals surface area contributed by atoms with Crippen LogP contribution in [0.25, 0.3) is 0 Å². The van der Waals surface area contributed by atoms with Gasteiger partial charge in [-0.2, -0.15) is 11.3 Å². The quantitative estimate of drug-likeness (QED) is 0.479. The predicted octanol–water partition coefficient (Wildman–Crippen LogP) is 1.48. The Morgan fingerprint density at radius 3 is 2.84 bits per heavy atom. The van der Waals surface area contributed by atoms with Gasteiger partial charge in [0.2, 0.25) is 0 Å². The van der Waals surface area contributed by atoms with E-state index in [1.54, 1.807) is 11.3 Å². The van der Waals surface area contributed by atoms with Crippen molar-refractivity contribution in [3.8, 4) is 0 Å². The number of hydrogen-bond donors (Lipinski definition) is 3. The van der Waals surface area contributed by atoms with E-state index in [1.165, 1.54) is 0 Å². The lowest BCUT2D eigenvalue weighted by Gasteiger charge is -2.29. The summed E-state index contributed by atoms with van der Waals surface area (Å²) in [5.74, 6) is 1.27. The van der Waals surface area contributed by atoms with Gasteiger partial charge in [-0.25, -0.2) is 4.99 Å². The molecule has 0 aliphatic carbocycles. The summed E-state index contributed by atoms with van der Waals surface area (Å²) in [5, 5.41) is 21.2. The molecule has 1 aromatic rings. The fraction of sp³-hybridized carbons (Fsp3) is 0.722. The maximum atomic E-state index is 10.6. The van der Waals surface area contributed by atoms with Crippen LogP contribution < -0.4 is 10.6 Å². The maximum Gasteiger partial charge on any atom is 0.191 e. The summed E-state index contributed by atoms with van der Waals surface area (Å²) in [7, 11) is 0. The Morgan fingerprint density at radius 1 is 1.44 bits per heavy atom. The minimum Gasteiger partial charge on any atom is -0.383 e. The number of nitrogens with zero attached hydrogens (tertiary/aromatic N) is 2. The Hall–Kier alpha value is -1.15.